The fourth-order valence-corrected chi connectivity index (χ4v) is 2.76. The second-order valence-electron chi connectivity index (χ2n) is 6.66. The fourth-order valence-electron chi connectivity index (χ4n) is 2.76. The van der Waals surface area contributed by atoms with Gasteiger partial charge in [-0.25, -0.2) is 18.0 Å². The fraction of sp³-hybridized carbons (Fsp3) is 0.190. The number of halogens is 3. The molecule has 0 bridgehead atoms. The Morgan fingerprint density at radius 1 is 1.10 bits per heavy atom. The van der Waals surface area contributed by atoms with Gasteiger partial charge in [-0.1, -0.05) is 0 Å². The zero-order chi connectivity index (χ0) is 22.7. The van der Waals surface area contributed by atoms with E-state index in [-0.39, 0.29) is 5.75 Å². The highest BCUT2D eigenvalue weighted by molar-refractivity contribution is 5.95. The Balaban J connectivity index is 1.58. The minimum Gasteiger partial charge on any atom is -0.481 e. The molecule has 3 rings (SSSR count). The smallest absolute Gasteiger partial charge is 0.336 e. The predicted octanol–water partition coefficient (Wildman–Crippen LogP) is 3.04. The summed E-state index contributed by atoms with van der Waals surface area (Å²) < 4.78 is 50.3. The Hall–Kier alpha value is -3.82. The molecule has 0 aliphatic heterocycles. The van der Waals surface area contributed by atoms with Crippen LogP contribution in [0.2, 0.25) is 0 Å². The molecule has 0 aliphatic carbocycles. The van der Waals surface area contributed by atoms with Crippen molar-refractivity contribution in [2.24, 2.45) is 0 Å². The Labute approximate surface area is 173 Å². The maximum absolute atomic E-state index is 13.6. The molecule has 0 saturated heterocycles. The van der Waals surface area contributed by atoms with Gasteiger partial charge in [-0.2, -0.15) is 0 Å². The van der Waals surface area contributed by atoms with Crippen LogP contribution in [0.3, 0.4) is 0 Å². The first-order valence-electron chi connectivity index (χ1n) is 9.08. The van der Waals surface area contributed by atoms with E-state index in [1.54, 1.807) is 19.1 Å². The average Bonchev–Trinajstić information content (AvgIpc) is 2.72. The molecule has 0 saturated carbocycles. The third kappa shape index (κ3) is 5.03. The number of fused-ring (bicyclic) bond motifs is 1. The number of rotatable bonds is 6. The van der Waals surface area contributed by atoms with E-state index in [0.29, 0.717) is 17.0 Å². The number of carbonyl (C=O) groups excluding carboxylic acids is 2. The van der Waals surface area contributed by atoms with E-state index in [1.807, 2.05) is 5.32 Å². The molecule has 3 aromatic rings. The molecule has 2 amide bonds. The lowest BCUT2D eigenvalue weighted by molar-refractivity contribution is -0.129. The molecule has 0 aliphatic rings. The Kier molecular flexibility index (Phi) is 6.28. The molecule has 2 aromatic carbocycles. The van der Waals surface area contributed by atoms with Gasteiger partial charge in [0.05, 0.1) is 12.2 Å². The number of nitrogens with one attached hydrogen (secondary N) is 2. The highest BCUT2D eigenvalue weighted by atomic mass is 19.2. The van der Waals surface area contributed by atoms with Crippen LogP contribution in [0.1, 0.15) is 12.5 Å². The molecule has 2 N–H and O–H groups in total. The van der Waals surface area contributed by atoms with Crippen molar-refractivity contribution >= 4 is 28.5 Å². The molecule has 0 fully saturated rings. The van der Waals surface area contributed by atoms with Crippen LogP contribution in [-0.2, 0) is 9.59 Å². The average molecular weight is 434 g/mol. The Bertz CT molecular complexity index is 1230. The lowest BCUT2D eigenvalue weighted by Gasteiger charge is -2.15. The minimum absolute atomic E-state index is 0.261. The van der Waals surface area contributed by atoms with Crippen molar-refractivity contribution in [2.45, 2.75) is 20.0 Å². The molecule has 1 aromatic heterocycles. The maximum Gasteiger partial charge on any atom is 0.336 e. The third-order valence-corrected chi connectivity index (χ3v) is 4.34. The zero-order valence-corrected chi connectivity index (χ0v) is 16.4. The van der Waals surface area contributed by atoms with E-state index >= 15 is 0 Å². The van der Waals surface area contributed by atoms with E-state index < -0.39 is 53.2 Å². The van der Waals surface area contributed by atoms with Gasteiger partial charge >= 0.3 is 5.63 Å². The third-order valence-electron chi connectivity index (χ3n) is 4.34. The van der Waals surface area contributed by atoms with Gasteiger partial charge in [-0.3, -0.25) is 9.59 Å². The van der Waals surface area contributed by atoms with Crippen molar-refractivity contribution in [3.05, 3.63) is 69.8 Å². The predicted molar refractivity (Wildman–Crippen MR) is 105 cm³/mol. The summed E-state index contributed by atoms with van der Waals surface area (Å²) >= 11 is 0. The Morgan fingerprint density at radius 2 is 1.84 bits per heavy atom. The molecule has 0 spiro atoms. The normalized spacial score (nSPS) is 11.8. The van der Waals surface area contributed by atoms with Crippen LogP contribution in [0.25, 0.3) is 11.0 Å². The summed E-state index contributed by atoms with van der Waals surface area (Å²) in [4.78, 5) is 35.5. The molecule has 1 heterocycles. The molecule has 10 heteroatoms. The molecule has 162 valence electrons. The van der Waals surface area contributed by atoms with E-state index in [0.717, 1.165) is 11.6 Å². The van der Waals surface area contributed by atoms with Gasteiger partial charge in [-0.05, 0) is 43.7 Å². The zero-order valence-electron chi connectivity index (χ0n) is 16.4. The minimum atomic E-state index is -1.72. The Morgan fingerprint density at radius 3 is 2.58 bits per heavy atom. The first-order valence-corrected chi connectivity index (χ1v) is 9.08. The number of anilines is 1. The van der Waals surface area contributed by atoms with Crippen molar-refractivity contribution in [3.63, 3.8) is 0 Å². The van der Waals surface area contributed by atoms with Crippen molar-refractivity contribution < 1.29 is 31.9 Å². The highest BCUT2D eigenvalue weighted by Gasteiger charge is 2.18. The van der Waals surface area contributed by atoms with Crippen LogP contribution in [0, 0.1) is 24.4 Å². The second-order valence-corrected chi connectivity index (χ2v) is 6.66. The number of ether oxygens (including phenoxy) is 1. The summed E-state index contributed by atoms with van der Waals surface area (Å²) in [5.41, 5.74) is -0.0538. The SMILES string of the molecule is Cc1cc(=O)oc2cc(O[C@H](C)C(=O)NCC(=O)Nc3ccc(F)c(F)c3F)ccc12. The lowest BCUT2D eigenvalue weighted by atomic mass is 10.1. The monoisotopic (exact) mass is 434 g/mol. The number of amides is 2. The molecule has 0 unspecified atom stereocenters. The quantitative estimate of drug-likeness (QED) is 0.459. The van der Waals surface area contributed by atoms with Crippen LogP contribution in [-0.4, -0.2) is 24.5 Å². The van der Waals surface area contributed by atoms with Crippen LogP contribution in [0.4, 0.5) is 18.9 Å². The molecule has 1 atom stereocenters. The summed E-state index contributed by atoms with van der Waals surface area (Å²) in [6.07, 6.45) is -1.03. The highest BCUT2D eigenvalue weighted by Crippen LogP contribution is 2.23. The standard InChI is InChI=1S/C21H17F3N2O5/c1-10-7-18(28)31-16-8-12(3-4-13(10)16)30-11(2)21(29)25-9-17(27)26-15-6-5-14(22)19(23)20(15)24/h3-8,11H,9H2,1-2H3,(H,25,29)(H,26,27)/t11-/m1/s1. The largest absolute Gasteiger partial charge is 0.481 e. The van der Waals surface area contributed by atoms with Crippen molar-refractivity contribution in [1.29, 1.82) is 0 Å². The van der Waals surface area contributed by atoms with Gasteiger partial charge in [0.25, 0.3) is 5.91 Å². The van der Waals surface area contributed by atoms with Gasteiger partial charge in [0.15, 0.2) is 23.6 Å². The van der Waals surface area contributed by atoms with Gasteiger partial charge in [-0.15, -0.1) is 0 Å². The van der Waals surface area contributed by atoms with Gasteiger partial charge < -0.3 is 19.8 Å². The van der Waals surface area contributed by atoms with Crippen LogP contribution in [0.15, 0.2) is 45.6 Å². The van der Waals surface area contributed by atoms with E-state index in [2.05, 4.69) is 5.32 Å². The topological polar surface area (TPSA) is 97.6 Å². The molecule has 31 heavy (non-hydrogen) atoms. The second kappa shape index (κ2) is 8.90. The summed E-state index contributed by atoms with van der Waals surface area (Å²) in [5, 5.41) is 5.03. The number of aryl methyl sites for hydroxylation is 1. The van der Waals surface area contributed by atoms with Crippen molar-refractivity contribution in [2.75, 3.05) is 11.9 Å². The molecule has 0 radical (unpaired) electrons. The first-order chi connectivity index (χ1) is 14.7. The summed E-state index contributed by atoms with van der Waals surface area (Å²) in [6.45, 7) is 2.63. The van der Waals surface area contributed by atoms with E-state index in [1.165, 1.54) is 19.1 Å². The van der Waals surface area contributed by atoms with Gasteiger partial charge in [0.1, 0.15) is 11.3 Å². The first kappa shape index (κ1) is 21.9. The van der Waals surface area contributed by atoms with Gasteiger partial charge in [0.2, 0.25) is 5.91 Å². The molecular formula is C21H17F3N2O5. The summed E-state index contributed by atoms with van der Waals surface area (Å²) in [7, 11) is 0. The number of carbonyl (C=O) groups is 2. The molecular weight excluding hydrogens is 417 g/mol. The van der Waals surface area contributed by atoms with Gasteiger partial charge in [0, 0.05) is 17.5 Å². The van der Waals surface area contributed by atoms with Crippen molar-refractivity contribution in [1.82, 2.24) is 5.32 Å². The summed E-state index contributed by atoms with van der Waals surface area (Å²) in [5.74, 6) is -5.91. The van der Waals surface area contributed by atoms with Crippen molar-refractivity contribution in [3.8, 4) is 5.75 Å². The number of hydrogen-bond acceptors (Lipinski definition) is 5. The van der Waals surface area contributed by atoms with Crippen LogP contribution < -0.4 is 21.0 Å². The van der Waals surface area contributed by atoms with E-state index in [4.69, 9.17) is 9.15 Å². The lowest BCUT2D eigenvalue weighted by Crippen LogP contribution is -2.40. The summed E-state index contributed by atoms with van der Waals surface area (Å²) in [6, 6.07) is 7.62. The van der Waals surface area contributed by atoms with Crippen LogP contribution in [0.5, 0.6) is 5.75 Å². The molecule has 7 nitrogen and oxygen atoms in total. The van der Waals surface area contributed by atoms with Crippen LogP contribution >= 0.6 is 0 Å². The maximum atomic E-state index is 13.6. The number of benzene rings is 2. The number of hydrogen-bond donors (Lipinski definition) is 2. The van der Waals surface area contributed by atoms with E-state index in [9.17, 15) is 27.6 Å².